The number of thiophene rings is 1. The minimum absolute atomic E-state index is 0.118. The summed E-state index contributed by atoms with van der Waals surface area (Å²) in [7, 11) is 0. The van der Waals surface area contributed by atoms with Crippen LogP contribution < -0.4 is 0 Å². The quantitative estimate of drug-likeness (QED) is 0.632. The molecule has 0 nitrogen and oxygen atoms in total. The first-order valence-electron chi connectivity index (χ1n) is 6.44. The lowest BCUT2D eigenvalue weighted by atomic mass is 9.76. The van der Waals surface area contributed by atoms with E-state index in [0.29, 0.717) is 5.88 Å². The number of aryl methyl sites for hydroxylation is 1. The molecule has 0 aliphatic rings. The number of hydrogen-bond donors (Lipinski definition) is 0. The molecule has 0 N–H and O–H groups in total. The van der Waals surface area contributed by atoms with E-state index in [-0.39, 0.29) is 5.41 Å². The van der Waals surface area contributed by atoms with Gasteiger partial charge in [-0.05, 0) is 36.3 Å². The Hall–Kier alpha value is -0.790. The molecule has 1 aromatic heterocycles. The van der Waals surface area contributed by atoms with Crippen molar-refractivity contribution in [3.63, 3.8) is 0 Å². The first kappa shape index (κ1) is 13.6. The smallest absolute Gasteiger partial charge is 0.0320 e. The lowest BCUT2D eigenvalue weighted by Gasteiger charge is -2.31. The van der Waals surface area contributed by atoms with Crippen LogP contribution in [0, 0.1) is 0 Å². The molecular weight excluding hydrogens is 260 g/mol. The van der Waals surface area contributed by atoms with Gasteiger partial charge in [0.2, 0.25) is 0 Å². The fourth-order valence-corrected chi connectivity index (χ4v) is 3.56. The van der Waals surface area contributed by atoms with Crippen LogP contribution in [0.2, 0.25) is 0 Å². The number of benzene rings is 1. The van der Waals surface area contributed by atoms with E-state index in [2.05, 4.69) is 54.8 Å². The van der Waals surface area contributed by atoms with Crippen LogP contribution >= 0.6 is 22.9 Å². The largest absolute Gasteiger partial charge is 0.149 e. The fourth-order valence-electron chi connectivity index (χ4n) is 2.37. The molecule has 1 atom stereocenters. The minimum Gasteiger partial charge on any atom is -0.149 e. The average molecular weight is 279 g/mol. The maximum Gasteiger partial charge on any atom is 0.0320 e. The molecule has 2 rings (SSSR count). The third-order valence-corrected chi connectivity index (χ3v) is 5.20. The summed E-state index contributed by atoms with van der Waals surface area (Å²) in [5.74, 6) is 0.693. The Bertz CT molecular complexity index is 443. The summed E-state index contributed by atoms with van der Waals surface area (Å²) >= 11 is 8.14. The Balaban J connectivity index is 2.16. The molecule has 2 heteroatoms. The fraction of sp³-hybridized carbons (Fsp3) is 0.375. The normalized spacial score (nSPS) is 14.3. The van der Waals surface area contributed by atoms with Gasteiger partial charge in [-0.25, -0.2) is 0 Å². The van der Waals surface area contributed by atoms with E-state index in [1.54, 1.807) is 0 Å². The molecule has 1 heterocycles. The SMILES string of the molecule is CCC(CCl)(CCc1cccs1)c1ccccc1. The zero-order valence-electron chi connectivity index (χ0n) is 10.7. The zero-order chi connectivity index (χ0) is 12.8. The number of alkyl halides is 1. The maximum atomic E-state index is 6.30. The Morgan fingerprint density at radius 2 is 1.89 bits per heavy atom. The van der Waals surface area contributed by atoms with Gasteiger partial charge >= 0.3 is 0 Å². The van der Waals surface area contributed by atoms with Gasteiger partial charge in [-0.3, -0.25) is 0 Å². The topological polar surface area (TPSA) is 0 Å². The highest BCUT2D eigenvalue weighted by Crippen LogP contribution is 2.34. The molecule has 0 aliphatic heterocycles. The van der Waals surface area contributed by atoms with E-state index in [0.717, 1.165) is 19.3 Å². The van der Waals surface area contributed by atoms with Gasteiger partial charge in [-0.2, -0.15) is 0 Å². The molecular formula is C16H19ClS. The highest BCUT2D eigenvalue weighted by atomic mass is 35.5. The lowest BCUT2D eigenvalue weighted by Crippen LogP contribution is -2.28. The van der Waals surface area contributed by atoms with E-state index in [4.69, 9.17) is 11.6 Å². The second kappa shape index (κ2) is 6.40. The molecule has 96 valence electrons. The molecule has 0 saturated carbocycles. The molecule has 0 radical (unpaired) electrons. The molecule has 0 bridgehead atoms. The lowest BCUT2D eigenvalue weighted by molar-refractivity contribution is 0.426. The van der Waals surface area contributed by atoms with E-state index >= 15 is 0 Å². The second-order valence-corrected chi connectivity index (χ2v) is 6.01. The summed E-state index contributed by atoms with van der Waals surface area (Å²) in [6.07, 6.45) is 3.33. The highest BCUT2D eigenvalue weighted by molar-refractivity contribution is 7.09. The predicted octanol–water partition coefficient (Wildman–Crippen LogP) is 5.27. The Morgan fingerprint density at radius 1 is 1.11 bits per heavy atom. The zero-order valence-corrected chi connectivity index (χ0v) is 12.3. The third-order valence-electron chi connectivity index (χ3n) is 3.75. The molecule has 1 unspecified atom stereocenters. The standard InChI is InChI=1S/C16H19ClS/c1-2-16(13-17,14-7-4-3-5-8-14)11-10-15-9-6-12-18-15/h3-9,12H,2,10-11,13H2,1H3. The van der Waals surface area contributed by atoms with Gasteiger partial charge in [0, 0.05) is 16.2 Å². The van der Waals surface area contributed by atoms with Gasteiger partial charge in [0.25, 0.3) is 0 Å². The van der Waals surface area contributed by atoms with E-state index in [9.17, 15) is 0 Å². The predicted molar refractivity (Wildman–Crippen MR) is 81.8 cm³/mol. The Kier molecular flexibility index (Phi) is 4.85. The van der Waals surface area contributed by atoms with Crippen molar-refractivity contribution in [1.82, 2.24) is 0 Å². The number of halogens is 1. The van der Waals surface area contributed by atoms with Crippen molar-refractivity contribution >= 4 is 22.9 Å². The van der Waals surface area contributed by atoms with Crippen molar-refractivity contribution in [3.05, 3.63) is 58.3 Å². The molecule has 18 heavy (non-hydrogen) atoms. The maximum absolute atomic E-state index is 6.30. The van der Waals surface area contributed by atoms with E-state index in [1.807, 2.05) is 11.3 Å². The van der Waals surface area contributed by atoms with E-state index < -0.39 is 0 Å². The van der Waals surface area contributed by atoms with Crippen molar-refractivity contribution in [2.24, 2.45) is 0 Å². The molecule has 0 saturated heterocycles. The first-order chi connectivity index (χ1) is 8.80. The van der Waals surface area contributed by atoms with Crippen LogP contribution in [0.5, 0.6) is 0 Å². The van der Waals surface area contributed by atoms with Crippen molar-refractivity contribution < 1.29 is 0 Å². The summed E-state index contributed by atoms with van der Waals surface area (Å²) in [4.78, 5) is 1.45. The molecule has 0 amide bonds. The highest BCUT2D eigenvalue weighted by Gasteiger charge is 2.28. The summed E-state index contributed by atoms with van der Waals surface area (Å²) < 4.78 is 0. The monoisotopic (exact) mass is 278 g/mol. The van der Waals surface area contributed by atoms with Gasteiger partial charge in [-0.1, -0.05) is 43.3 Å². The van der Waals surface area contributed by atoms with Crippen molar-refractivity contribution in [1.29, 1.82) is 0 Å². The van der Waals surface area contributed by atoms with Gasteiger partial charge in [0.1, 0.15) is 0 Å². The van der Waals surface area contributed by atoms with Gasteiger partial charge in [0.15, 0.2) is 0 Å². The summed E-state index contributed by atoms with van der Waals surface area (Å²) in [6, 6.07) is 15.0. The Morgan fingerprint density at radius 3 is 2.44 bits per heavy atom. The van der Waals surface area contributed by atoms with Crippen molar-refractivity contribution in [2.75, 3.05) is 5.88 Å². The summed E-state index contributed by atoms with van der Waals surface area (Å²) in [6.45, 7) is 2.24. The Labute approximate surface area is 119 Å². The third kappa shape index (κ3) is 2.96. The van der Waals surface area contributed by atoms with Gasteiger partial charge in [0.05, 0.1) is 0 Å². The molecule has 2 aromatic rings. The molecule has 1 aromatic carbocycles. The van der Waals surface area contributed by atoms with Crippen LogP contribution in [0.4, 0.5) is 0 Å². The van der Waals surface area contributed by atoms with Crippen LogP contribution in [0.3, 0.4) is 0 Å². The van der Waals surface area contributed by atoms with Crippen LogP contribution in [0.25, 0.3) is 0 Å². The van der Waals surface area contributed by atoms with Crippen LogP contribution in [-0.2, 0) is 11.8 Å². The number of rotatable bonds is 6. The van der Waals surface area contributed by atoms with Crippen LogP contribution in [0.1, 0.15) is 30.2 Å². The van der Waals surface area contributed by atoms with Crippen LogP contribution in [-0.4, -0.2) is 5.88 Å². The molecule has 0 aliphatic carbocycles. The van der Waals surface area contributed by atoms with Crippen molar-refractivity contribution in [3.8, 4) is 0 Å². The van der Waals surface area contributed by atoms with Crippen molar-refractivity contribution in [2.45, 2.75) is 31.6 Å². The minimum atomic E-state index is 0.118. The van der Waals surface area contributed by atoms with Crippen LogP contribution in [0.15, 0.2) is 47.8 Å². The average Bonchev–Trinajstić information content (AvgIpc) is 2.95. The summed E-state index contributed by atoms with van der Waals surface area (Å²) in [5.41, 5.74) is 1.49. The number of hydrogen-bond acceptors (Lipinski definition) is 1. The second-order valence-electron chi connectivity index (χ2n) is 4.71. The van der Waals surface area contributed by atoms with Gasteiger partial charge in [-0.15, -0.1) is 22.9 Å². The molecule has 0 fully saturated rings. The first-order valence-corrected chi connectivity index (χ1v) is 7.86. The molecule has 0 spiro atoms. The van der Waals surface area contributed by atoms with E-state index in [1.165, 1.54) is 10.4 Å². The summed E-state index contributed by atoms with van der Waals surface area (Å²) in [5, 5.41) is 2.15. The van der Waals surface area contributed by atoms with Gasteiger partial charge < -0.3 is 0 Å².